The molecule has 0 aliphatic rings. The first kappa shape index (κ1) is 17.3. The van der Waals surface area contributed by atoms with Crippen LogP contribution in [-0.4, -0.2) is 22.1 Å². The van der Waals surface area contributed by atoms with Crippen LogP contribution < -0.4 is 14.8 Å². The van der Waals surface area contributed by atoms with Crippen LogP contribution in [0.25, 0.3) is 0 Å². The molecule has 0 heterocycles. The zero-order chi connectivity index (χ0) is 16.9. The van der Waals surface area contributed by atoms with Crippen LogP contribution in [0.1, 0.15) is 25.5 Å². The minimum atomic E-state index is -3.40. The van der Waals surface area contributed by atoms with Crippen LogP contribution >= 0.6 is 0 Å². The van der Waals surface area contributed by atoms with E-state index in [1.807, 2.05) is 50.2 Å². The molecule has 0 saturated heterocycles. The Morgan fingerprint density at radius 2 is 1.74 bits per heavy atom. The topological polar surface area (TPSA) is 67.4 Å². The number of sulfonamides is 1. The van der Waals surface area contributed by atoms with Gasteiger partial charge in [0, 0.05) is 6.04 Å². The highest BCUT2D eigenvalue weighted by atomic mass is 32.2. The Kier molecular flexibility index (Phi) is 5.63. The number of rotatable bonds is 7. The van der Waals surface area contributed by atoms with Crippen molar-refractivity contribution in [3.8, 4) is 5.75 Å². The molecule has 0 amide bonds. The summed E-state index contributed by atoms with van der Waals surface area (Å²) in [6.45, 7) is 4.56. The van der Waals surface area contributed by atoms with E-state index in [0.29, 0.717) is 6.61 Å². The van der Waals surface area contributed by atoms with Gasteiger partial charge in [0.1, 0.15) is 5.75 Å². The largest absolute Gasteiger partial charge is 0.492 e. The molecule has 0 fully saturated rings. The molecule has 23 heavy (non-hydrogen) atoms. The van der Waals surface area contributed by atoms with Crippen molar-refractivity contribution in [1.29, 1.82) is 0 Å². The van der Waals surface area contributed by atoms with Crippen LogP contribution in [0.15, 0.2) is 53.4 Å². The van der Waals surface area contributed by atoms with Crippen molar-refractivity contribution in [3.63, 3.8) is 0 Å². The Morgan fingerprint density at radius 1 is 1.09 bits per heavy atom. The Bertz CT molecular complexity index is 743. The van der Waals surface area contributed by atoms with Gasteiger partial charge in [0.25, 0.3) is 0 Å². The van der Waals surface area contributed by atoms with Crippen LogP contribution in [0.4, 0.5) is 5.69 Å². The normalized spacial score (nSPS) is 12.7. The van der Waals surface area contributed by atoms with Gasteiger partial charge in [0.15, 0.2) is 0 Å². The Morgan fingerprint density at radius 3 is 2.35 bits per heavy atom. The van der Waals surface area contributed by atoms with Crippen LogP contribution in [0.3, 0.4) is 0 Å². The van der Waals surface area contributed by atoms with Crippen molar-refractivity contribution < 1.29 is 13.2 Å². The monoisotopic (exact) mass is 334 g/mol. The summed E-state index contributed by atoms with van der Waals surface area (Å²) in [6.07, 6.45) is 0. The van der Waals surface area contributed by atoms with Gasteiger partial charge < -0.3 is 10.1 Å². The molecule has 0 saturated carbocycles. The number of hydrogen-bond acceptors (Lipinski definition) is 4. The van der Waals surface area contributed by atoms with Crippen molar-refractivity contribution in [1.82, 2.24) is 4.72 Å². The second-order valence-corrected chi connectivity index (χ2v) is 6.96. The summed E-state index contributed by atoms with van der Waals surface area (Å²) in [6, 6.07) is 14.6. The predicted octanol–water partition coefficient (Wildman–Crippen LogP) is 3.17. The molecule has 2 N–H and O–H groups in total. The third-order valence-corrected chi connectivity index (χ3v) is 4.95. The second-order valence-electron chi connectivity index (χ2n) is 5.07. The van der Waals surface area contributed by atoms with Crippen molar-refractivity contribution in [3.05, 3.63) is 54.1 Å². The second kappa shape index (κ2) is 7.48. The van der Waals surface area contributed by atoms with Crippen molar-refractivity contribution in [2.24, 2.45) is 0 Å². The highest BCUT2D eigenvalue weighted by molar-refractivity contribution is 7.89. The lowest BCUT2D eigenvalue weighted by Crippen LogP contribution is -2.18. The molecule has 0 unspecified atom stereocenters. The van der Waals surface area contributed by atoms with Gasteiger partial charge in [-0.15, -0.1) is 0 Å². The lowest BCUT2D eigenvalue weighted by atomic mass is 10.1. The molecule has 0 bridgehead atoms. The third-order valence-electron chi connectivity index (χ3n) is 3.52. The van der Waals surface area contributed by atoms with Crippen molar-refractivity contribution in [2.75, 3.05) is 19.0 Å². The number of benzene rings is 2. The predicted molar refractivity (Wildman–Crippen MR) is 92.3 cm³/mol. The number of hydrogen-bond donors (Lipinski definition) is 2. The molecule has 2 aromatic carbocycles. The van der Waals surface area contributed by atoms with Gasteiger partial charge in [-0.2, -0.15) is 0 Å². The fourth-order valence-corrected chi connectivity index (χ4v) is 2.97. The van der Waals surface area contributed by atoms with E-state index in [-0.39, 0.29) is 10.9 Å². The molecule has 0 aromatic heterocycles. The number of anilines is 1. The Labute approximate surface area is 137 Å². The van der Waals surface area contributed by atoms with E-state index in [1.165, 1.54) is 7.05 Å². The van der Waals surface area contributed by atoms with E-state index in [1.54, 1.807) is 12.1 Å². The minimum absolute atomic E-state index is 0.0166. The van der Waals surface area contributed by atoms with Gasteiger partial charge in [0.2, 0.25) is 10.0 Å². The van der Waals surface area contributed by atoms with E-state index in [4.69, 9.17) is 4.74 Å². The summed E-state index contributed by atoms with van der Waals surface area (Å²) in [5.74, 6) is 0.802. The summed E-state index contributed by atoms with van der Waals surface area (Å²) < 4.78 is 31.4. The van der Waals surface area contributed by atoms with E-state index in [2.05, 4.69) is 10.0 Å². The van der Waals surface area contributed by atoms with E-state index in [0.717, 1.165) is 17.0 Å². The molecule has 0 aliphatic carbocycles. The minimum Gasteiger partial charge on any atom is -0.492 e. The van der Waals surface area contributed by atoms with Crippen molar-refractivity contribution >= 4 is 15.7 Å². The summed E-state index contributed by atoms with van der Waals surface area (Å²) in [5.41, 5.74) is 1.90. The summed E-state index contributed by atoms with van der Waals surface area (Å²) in [7, 11) is -2.00. The lowest BCUT2D eigenvalue weighted by Gasteiger charge is -2.18. The fraction of sp³-hybridized carbons (Fsp3) is 0.294. The summed E-state index contributed by atoms with van der Waals surface area (Å²) >= 11 is 0. The summed E-state index contributed by atoms with van der Waals surface area (Å²) in [4.78, 5) is 0.255. The van der Waals surface area contributed by atoms with Gasteiger partial charge >= 0.3 is 0 Å². The third kappa shape index (κ3) is 4.24. The molecule has 2 aromatic rings. The number of ether oxygens (including phenoxy) is 1. The maximum absolute atomic E-state index is 11.7. The van der Waals surface area contributed by atoms with Crippen LogP contribution in [0.5, 0.6) is 5.75 Å². The Balaban J connectivity index is 2.17. The molecule has 6 heteroatoms. The first-order valence-corrected chi connectivity index (χ1v) is 8.98. The van der Waals surface area contributed by atoms with Crippen LogP contribution in [0.2, 0.25) is 0 Å². The summed E-state index contributed by atoms with van der Waals surface area (Å²) in [5, 5.41) is 3.39. The molecule has 2 rings (SSSR count). The smallest absolute Gasteiger partial charge is 0.240 e. The average Bonchev–Trinajstić information content (AvgIpc) is 2.57. The molecule has 5 nitrogen and oxygen atoms in total. The molecule has 124 valence electrons. The van der Waals surface area contributed by atoms with E-state index >= 15 is 0 Å². The zero-order valence-corrected chi connectivity index (χ0v) is 14.4. The van der Waals surface area contributed by atoms with Gasteiger partial charge in [-0.3, -0.25) is 0 Å². The quantitative estimate of drug-likeness (QED) is 0.816. The van der Waals surface area contributed by atoms with E-state index < -0.39 is 10.0 Å². The number of para-hydroxylation sites is 2. The van der Waals surface area contributed by atoms with Gasteiger partial charge in [-0.1, -0.05) is 24.3 Å². The molecule has 0 aliphatic heterocycles. The van der Waals surface area contributed by atoms with Crippen molar-refractivity contribution in [2.45, 2.75) is 24.8 Å². The van der Waals surface area contributed by atoms with Crippen LogP contribution in [0, 0.1) is 0 Å². The first-order chi connectivity index (χ1) is 11.0. The molecule has 0 spiro atoms. The highest BCUT2D eigenvalue weighted by Crippen LogP contribution is 2.28. The standard InChI is InChI=1S/C17H22N2O3S/c1-4-22-17-8-6-5-7-16(17)19-13(2)14-9-11-15(12-10-14)23(20,21)18-3/h5-13,18-19H,4H2,1-3H3/t13-/m0/s1. The molecular weight excluding hydrogens is 312 g/mol. The van der Waals surface area contributed by atoms with Gasteiger partial charge in [-0.05, 0) is 50.7 Å². The van der Waals surface area contributed by atoms with Crippen LogP contribution in [-0.2, 0) is 10.0 Å². The zero-order valence-electron chi connectivity index (χ0n) is 13.5. The first-order valence-electron chi connectivity index (χ1n) is 7.49. The van der Waals surface area contributed by atoms with Gasteiger partial charge in [-0.25, -0.2) is 13.1 Å². The van der Waals surface area contributed by atoms with E-state index in [9.17, 15) is 8.42 Å². The van der Waals surface area contributed by atoms with Gasteiger partial charge in [0.05, 0.1) is 17.2 Å². The fourth-order valence-electron chi connectivity index (χ4n) is 2.24. The molecular formula is C17H22N2O3S. The molecule has 0 radical (unpaired) electrons. The maximum atomic E-state index is 11.7. The number of nitrogens with one attached hydrogen (secondary N) is 2. The SMILES string of the molecule is CCOc1ccccc1N[C@@H](C)c1ccc(S(=O)(=O)NC)cc1. The lowest BCUT2D eigenvalue weighted by molar-refractivity contribution is 0.341. The molecule has 1 atom stereocenters. The average molecular weight is 334 g/mol. The maximum Gasteiger partial charge on any atom is 0.240 e. The Hall–Kier alpha value is -2.05. The highest BCUT2D eigenvalue weighted by Gasteiger charge is 2.13.